The van der Waals surface area contributed by atoms with Crippen molar-refractivity contribution in [2.75, 3.05) is 27.4 Å². The summed E-state index contributed by atoms with van der Waals surface area (Å²) < 4.78 is 15.0. The van der Waals surface area contributed by atoms with E-state index in [9.17, 15) is 14.4 Å². The molecule has 1 aromatic rings. The van der Waals surface area contributed by atoms with Gasteiger partial charge < -0.3 is 19.5 Å². The number of carbonyl (C=O) groups excluding carboxylic acids is 3. The lowest BCUT2D eigenvalue weighted by Crippen LogP contribution is -2.49. The van der Waals surface area contributed by atoms with Crippen LogP contribution < -0.4 is 5.32 Å². The van der Waals surface area contributed by atoms with Crippen LogP contribution in [0, 0.1) is 0 Å². The number of allylic oxidation sites excluding steroid dienone is 1. The molecule has 3 rings (SSSR count). The maximum absolute atomic E-state index is 12.8. The molecule has 0 saturated heterocycles. The summed E-state index contributed by atoms with van der Waals surface area (Å²) in [4.78, 5) is 38.7. The summed E-state index contributed by atoms with van der Waals surface area (Å²) in [6, 6.07) is 5.80. The van der Waals surface area contributed by atoms with Gasteiger partial charge in [0.25, 0.3) is 0 Å². The van der Waals surface area contributed by atoms with Crippen LogP contribution in [0.2, 0.25) is 0 Å². The molecular formula is C20H24N2O6. The molecule has 0 bridgehead atoms. The van der Waals surface area contributed by atoms with Crippen LogP contribution in [0.5, 0.6) is 0 Å². The van der Waals surface area contributed by atoms with E-state index < -0.39 is 18.0 Å². The molecule has 28 heavy (non-hydrogen) atoms. The summed E-state index contributed by atoms with van der Waals surface area (Å²) in [6.07, 6.45) is 1.82. The zero-order valence-electron chi connectivity index (χ0n) is 16.2. The van der Waals surface area contributed by atoms with Gasteiger partial charge >= 0.3 is 18.0 Å². The number of hydrogen-bond donors (Lipinski definition) is 1. The smallest absolute Gasteiger partial charge is 0.338 e. The summed E-state index contributed by atoms with van der Waals surface area (Å²) in [5.41, 5.74) is 2.04. The zero-order chi connectivity index (χ0) is 20.3. The van der Waals surface area contributed by atoms with Crippen molar-refractivity contribution in [1.82, 2.24) is 10.2 Å². The number of ether oxygens (including phenoxy) is 3. The molecule has 0 aromatic heterocycles. The van der Waals surface area contributed by atoms with Crippen molar-refractivity contribution in [3.05, 3.63) is 46.7 Å². The number of urea groups is 1. The minimum absolute atomic E-state index is 0.115. The molecular weight excluding hydrogens is 364 g/mol. The molecule has 2 aliphatic rings. The summed E-state index contributed by atoms with van der Waals surface area (Å²) >= 11 is 0. The van der Waals surface area contributed by atoms with Crippen LogP contribution in [0.4, 0.5) is 4.79 Å². The lowest BCUT2D eigenvalue weighted by atomic mass is 9.94. The van der Waals surface area contributed by atoms with Crippen molar-refractivity contribution >= 4 is 18.0 Å². The van der Waals surface area contributed by atoms with E-state index in [-0.39, 0.29) is 25.3 Å². The molecule has 1 aliphatic heterocycles. The molecule has 2 amide bonds. The first-order valence-electron chi connectivity index (χ1n) is 9.12. The van der Waals surface area contributed by atoms with Crippen molar-refractivity contribution in [3.63, 3.8) is 0 Å². The molecule has 1 N–H and O–H groups in total. The Bertz CT molecular complexity index is 797. The molecule has 1 saturated carbocycles. The highest BCUT2D eigenvalue weighted by Gasteiger charge is 2.42. The van der Waals surface area contributed by atoms with Crippen LogP contribution in [-0.4, -0.2) is 56.3 Å². The molecule has 1 aliphatic carbocycles. The highest BCUT2D eigenvalue weighted by atomic mass is 16.6. The molecule has 0 radical (unpaired) electrons. The van der Waals surface area contributed by atoms with Crippen molar-refractivity contribution in [2.45, 2.75) is 31.8 Å². The Morgan fingerprint density at radius 3 is 2.36 bits per heavy atom. The number of nitrogens with one attached hydrogen (secondary N) is 1. The Morgan fingerprint density at radius 1 is 1.11 bits per heavy atom. The summed E-state index contributed by atoms with van der Waals surface area (Å²) in [7, 11) is 2.84. The number of methoxy groups -OCH3 is 2. The van der Waals surface area contributed by atoms with Crippen LogP contribution in [0.1, 0.15) is 41.7 Å². The largest absolute Gasteiger partial charge is 0.465 e. The first kappa shape index (κ1) is 19.9. The van der Waals surface area contributed by atoms with E-state index in [4.69, 9.17) is 14.2 Å². The molecule has 8 nitrogen and oxygen atoms in total. The Labute approximate surface area is 163 Å². The zero-order valence-corrected chi connectivity index (χ0v) is 16.2. The minimum atomic E-state index is -0.663. The third-order valence-corrected chi connectivity index (χ3v) is 4.84. The monoisotopic (exact) mass is 388 g/mol. The Balaban J connectivity index is 1.93. The lowest BCUT2D eigenvalue weighted by molar-refractivity contribution is -0.140. The van der Waals surface area contributed by atoms with Crippen LogP contribution in [0.3, 0.4) is 0 Å². The highest BCUT2D eigenvalue weighted by molar-refractivity contribution is 5.95. The topological polar surface area (TPSA) is 94.2 Å². The van der Waals surface area contributed by atoms with Crippen molar-refractivity contribution in [3.8, 4) is 0 Å². The maximum Gasteiger partial charge on any atom is 0.338 e. The second-order valence-electron chi connectivity index (χ2n) is 6.73. The van der Waals surface area contributed by atoms with E-state index in [1.807, 2.05) is 0 Å². The Kier molecular flexibility index (Phi) is 5.99. The number of rotatable bonds is 7. The van der Waals surface area contributed by atoms with Crippen molar-refractivity contribution < 1.29 is 28.6 Å². The van der Waals surface area contributed by atoms with E-state index >= 15 is 0 Å². The lowest BCUT2D eigenvalue weighted by Gasteiger charge is -2.35. The average molecular weight is 388 g/mol. The molecule has 1 fully saturated rings. The summed E-state index contributed by atoms with van der Waals surface area (Å²) in [5, 5.41) is 2.90. The number of hydrogen-bond acceptors (Lipinski definition) is 6. The van der Waals surface area contributed by atoms with Crippen molar-refractivity contribution in [2.24, 2.45) is 0 Å². The standard InChI is InChI=1S/C20H24N2O6/c1-12-16(19(24)28-11-10-26-2)17(21-20(25)22(12)15-8-9-15)13-4-6-14(7-5-13)18(23)27-3/h4-7,15,17H,8-11H2,1-3H3,(H,21,25). The van der Waals surface area contributed by atoms with Gasteiger partial charge in [-0.3, -0.25) is 4.90 Å². The average Bonchev–Trinajstić information content (AvgIpc) is 3.52. The van der Waals surface area contributed by atoms with Gasteiger partial charge in [0.2, 0.25) is 0 Å². The predicted molar refractivity (Wildman–Crippen MR) is 99.5 cm³/mol. The van der Waals surface area contributed by atoms with Gasteiger partial charge in [-0.15, -0.1) is 0 Å². The highest BCUT2D eigenvalue weighted by Crippen LogP contribution is 2.37. The first-order chi connectivity index (χ1) is 13.5. The number of nitrogens with zero attached hydrogens (tertiary/aromatic N) is 1. The second kappa shape index (κ2) is 8.43. The number of amides is 2. The molecule has 1 atom stereocenters. The van der Waals surface area contributed by atoms with Crippen LogP contribution in [0.15, 0.2) is 35.5 Å². The van der Waals surface area contributed by atoms with Crippen molar-refractivity contribution in [1.29, 1.82) is 0 Å². The van der Waals surface area contributed by atoms with Gasteiger partial charge in [-0.2, -0.15) is 0 Å². The number of esters is 2. The molecule has 1 aromatic carbocycles. The quantitative estimate of drug-likeness (QED) is 0.568. The minimum Gasteiger partial charge on any atom is -0.465 e. The van der Waals surface area contributed by atoms with Gasteiger partial charge in [0, 0.05) is 18.8 Å². The number of carbonyl (C=O) groups is 3. The fraction of sp³-hybridized carbons (Fsp3) is 0.450. The molecule has 1 unspecified atom stereocenters. The van der Waals surface area contributed by atoms with E-state index in [2.05, 4.69) is 5.32 Å². The van der Waals surface area contributed by atoms with E-state index in [0.717, 1.165) is 12.8 Å². The summed E-state index contributed by atoms with van der Waals surface area (Å²) in [5.74, 6) is -0.952. The van der Waals surface area contributed by atoms with Gasteiger partial charge in [-0.05, 0) is 37.5 Å². The van der Waals surface area contributed by atoms with Gasteiger partial charge in [0.1, 0.15) is 6.61 Å². The molecule has 150 valence electrons. The second-order valence-corrected chi connectivity index (χ2v) is 6.73. The van der Waals surface area contributed by atoms with Gasteiger partial charge in [-0.25, -0.2) is 14.4 Å². The Morgan fingerprint density at radius 2 is 1.79 bits per heavy atom. The normalized spacial score (nSPS) is 19.3. The van der Waals surface area contributed by atoms with E-state index in [0.29, 0.717) is 22.4 Å². The Hall–Kier alpha value is -2.87. The fourth-order valence-corrected chi connectivity index (χ4v) is 3.27. The van der Waals surface area contributed by atoms with Gasteiger partial charge in [0.15, 0.2) is 0 Å². The van der Waals surface area contributed by atoms with E-state index in [1.165, 1.54) is 14.2 Å². The van der Waals surface area contributed by atoms with Gasteiger partial charge in [0.05, 0.1) is 30.9 Å². The molecule has 1 heterocycles. The molecule has 8 heteroatoms. The maximum atomic E-state index is 12.8. The van der Waals surface area contributed by atoms with Crippen LogP contribution in [0.25, 0.3) is 0 Å². The molecule has 0 spiro atoms. The van der Waals surface area contributed by atoms with Crippen LogP contribution >= 0.6 is 0 Å². The van der Waals surface area contributed by atoms with Gasteiger partial charge in [-0.1, -0.05) is 12.1 Å². The number of benzene rings is 1. The first-order valence-corrected chi connectivity index (χ1v) is 9.12. The van der Waals surface area contributed by atoms with E-state index in [1.54, 1.807) is 36.1 Å². The third kappa shape index (κ3) is 4.01. The predicted octanol–water partition coefficient (Wildman–Crippen LogP) is 2.17. The SMILES string of the molecule is COCCOC(=O)C1=C(C)N(C2CC2)C(=O)NC1c1ccc(C(=O)OC)cc1. The fourth-order valence-electron chi connectivity index (χ4n) is 3.27. The van der Waals surface area contributed by atoms with Crippen LogP contribution in [-0.2, 0) is 19.0 Å². The third-order valence-electron chi connectivity index (χ3n) is 4.84. The summed E-state index contributed by atoms with van der Waals surface area (Å²) in [6.45, 7) is 2.17.